The lowest BCUT2D eigenvalue weighted by Gasteiger charge is -2.15. The van der Waals surface area contributed by atoms with Crippen molar-refractivity contribution >= 4 is 5.69 Å². The Balaban J connectivity index is 2.59. The van der Waals surface area contributed by atoms with E-state index in [0.29, 0.717) is 12.5 Å². The van der Waals surface area contributed by atoms with Crippen molar-refractivity contribution in [3.8, 4) is 0 Å². The van der Waals surface area contributed by atoms with Crippen LogP contribution in [0.15, 0.2) is 24.3 Å². The third-order valence-electron chi connectivity index (χ3n) is 2.26. The molecule has 1 N–H and O–H groups in total. The number of hydrogen-bond donors (Lipinski definition) is 1. The van der Waals surface area contributed by atoms with Crippen molar-refractivity contribution < 1.29 is 9.76 Å². The summed E-state index contributed by atoms with van der Waals surface area (Å²) in [6, 6.07) is 6.47. The summed E-state index contributed by atoms with van der Waals surface area (Å²) in [6.45, 7) is 6.62. The molecule has 5 heteroatoms. The fourth-order valence-corrected chi connectivity index (χ4v) is 1.32. The number of nitro groups is 1. The van der Waals surface area contributed by atoms with Gasteiger partial charge < -0.3 is 4.84 Å². The lowest BCUT2D eigenvalue weighted by atomic mass is 10.1. The largest absolute Gasteiger partial charge is 0.301 e. The second-order valence-corrected chi connectivity index (χ2v) is 4.40. The smallest absolute Gasteiger partial charge is 0.269 e. The predicted molar refractivity (Wildman–Crippen MR) is 65.4 cm³/mol. The van der Waals surface area contributed by atoms with Crippen LogP contribution < -0.4 is 5.48 Å². The summed E-state index contributed by atoms with van der Waals surface area (Å²) in [7, 11) is 0. The normalized spacial score (nSPS) is 12.7. The van der Waals surface area contributed by atoms with Crippen LogP contribution in [-0.2, 0) is 4.84 Å². The maximum atomic E-state index is 10.6. The van der Waals surface area contributed by atoms with Gasteiger partial charge in [0.2, 0.25) is 0 Å². The third kappa shape index (κ3) is 4.50. The first-order valence-electron chi connectivity index (χ1n) is 5.62. The van der Waals surface area contributed by atoms with E-state index in [2.05, 4.69) is 19.3 Å². The Morgan fingerprint density at radius 3 is 2.71 bits per heavy atom. The van der Waals surface area contributed by atoms with E-state index in [-0.39, 0.29) is 11.7 Å². The van der Waals surface area contributed by atoms with Gasteiger partial charge in [-0.1, -0.05) is 26.0 Å². The van der Waals surface area contributed by atoms with Crippen LogP contribution in [-0.4, -0.2) is 11.5 Å². The molecule has 0 aliphatic rings. The fraction of sp³-hybridized carbons (Fsp3) is 0.500. The van der Waals surface area contributed by atoms with Crippen LogP contribution in [0.25, 0.3) is 0 Å². The highest BCUT2D eigenvalue weighted by Crippen LogP contribution is 2.18. The molecule has 1 aromatic carbocycles. The highest BCUT2D eigenvalue weighted by molar-refractivity contribution is 5.35. The van der Waals surface area contributed by atoms with Gasteiger partial charge in [0.25, 0.3) is 5.69 Å². The van der Waals surface area contributed by atoms with Gasteiger partial charge in [0.1, 0.15) is 0 Å². The van der Waals surface area contributed by atoms with Crippen LogP contribution in [0.2, 0.25) is 0 Å². The van der Waals surface area contributed by atoms with E-state index in [9.17, 15) is 10.1 Å². The number of rotatable bonds is 6. The van der Waals surface area contributed by atoms with Crippen LogP contribution in [0.3, 0.4) is 0 Å². The van der Waals surface area contributed by atoms with Gasteiger partial charge in [-0.3, -0.25) is 10.1 Å². The molecule has 0 aromatic heterocycles. The van der Waals surface area contributed by atoms with Gasteiger partial charge in [0, 0.05) is 12.1 Å². The summed E-state index contributed by atoms with van der Waals surface area (Å²) >= 11 is 0. The van der Waals surface area contributed by atoms with Crippen molar-refractivity contribution in [3.63, 3.8) is 0 Å². The zero-order valence-corrected chi connectivity index (χ0v) is 10.3. The molecule has 5 nitrogen and oxygen atoms in total. The fourth-order valence-electron chi connectivity index (χ4n) is 1.32. The maximum Gasteiger partial charge on any atom is 0.269 e. The first kappa shape index (κ1) is 13.6. The zero-order chi connectivity index (χ0) is 12.8. The first-order valence-corrected chi connectivity index (χ1v) is 5.62. The van der Waals surface area contributed by atoms with Crippen molar-refractivity contribution in [2.45, 2.75) is 26.8 Å². The summed E-state index contributed by atoms with van der Waals surface area (Å²) in [4.78, 5) is 15.5. The molecule has 1 unspecified atom stereocenters. The molecule has 0 heterocycles. The minimum absolute atomic E-state index is 0.0753. The molecule has 0 aliphatic carbocycles. The molecule has 17 heavy (non-hydrogen) atoms. The minimum atomic E-state index is -0.398. The van der Waals surface area contributed by atoms with Crippen LogP contribution >= 0.6 is 0 Å². The molecule has 1 aromatic rings. The van der Waals surface area contributed by atoms with Crippen molar-refractivity contribution in [2.24, 2.45) is 5.92 Å². The van der Waals surface area contributed by atoms with Crippen LogP contribution in [0.4, 0.5) is 5.69 Å². The first-order chi connectivity index (χ1) is 8.00. The summed E-state index contributed by atoms with van der Waals surface area (Å²) in [5.74, 6) is 0.444. The van der Waals surface area contributed by atoms with Gasteiger partial charge in [0.05, 0.1) is 17.6 Å². The second kappa shape index (κ2) is 6.32. The molecule has 0 spiro atoms. The standard InChI is InChI=1S/C12H18N2O3/c1-9(2)8-17-13-10(3)11-5-4-6-12(7-11)14(15)16/h4-7,9-10,13H,8H2,1-3H3. The van der Waals surface area contributed by atoms with Gasteiger partial charge >= 0.3 is 0 Å². The third-order valence-corrected chi connectivity index (χ3v) is 2.26. The molecule has 0 aliphatic heterocycles. The predicted octanol–water partition coefficient (Wildman–Crippen LogP) is 2.83. The summed E-state index contributed by atoms with van der Waals surface area (Å²) in [5, 5.41) is 10.6. The van der Waals surface area contributed by atoms with Crippen molar-refractivity contribution in [1.82, 2.24) is 5.48 Å². The van der Waals surface area contributed by atoms with Crippen LogP contribution in [0.1, 0.15) is 32.4 Å². The van der Waals surface area contributed by atoms with Crippen molar-refractivity contribution in [1.29, 1.82) is 0 Å². The Bertz CT molecular complexity index is 380. The monoisotopic (exact) mass is 238 g/mol. The Morgan fingerprint density at radius 1 is 1.41 bits per heavy atom. The molecule has 0 fully saturated rings. The highest BCUT2D eigenvalue weighted by atomic mass is 16.6. The number of hydrogen-bond acceptors (Lipinski definition) is 4. The Labute approximate surface area is 101 Å². The van der Waals surface area contributed by atoms with E-state index in [1.807, 2.05) is 13.0 Å². The molecule has 1 atom stereocenters. The molecular formula is C12H18N2O3. The van der Waals surface area contributed by atoms with Crippen LogP contribution in [0.5, 0.6) is 0 Å². The van der Waals surface area contributed by atoms with Crippen LogP contribution in [0, 0.1) is 16.0 Å². The van der Waals surface area contributed by atoms with E-state index >= 15 is 0 Å². The van der Waals surface area contributed by atoms with Crippen molar-refractivity contribution in [3.05, 3.63) is 39.9 Å². The highest BCUT2D eigenvalue weighted by Gasteiger charge is 2.10. The number of nitrogens with zero attached hydrogens (tertiary/aromatic N) is 1. The van der Waals surface area contributed by atoms with Gasteiger partial charge in [-0.05, 0) is 18.4 Å². The maximum absolute atomic E-state index is 10.6. The number of nitrogens with one attached hydrogen (secondary N) is 1. The summed E-state index contributed by atoms with van der Waals surface area (Å²) < 4.78 is 0. The molecule has 1 rings (SSSR count). The zero-order valence-electron chi connectivity index (χ0n) is 10.3. The Hall–Kier alpha value is -1.46. The van der Waals surface area contributed by atoms with E-state index in [0.717, 1.165) is 5.56 Å². The van der Waals surface area contributed by atoms with E-state index in [1.165, 1.54) is 6.07 Å². The number of non-ortho nitro benzene ring substituents is 1. The number of hydroxylamine groups is 1. The average molecular weight is 238 g/mol. The summed E-state index contributed by atoms with van der Waals surface area (Å²) in [5.41, 5.74) is 3.81. The lowest BCUT2D eigenvalue weighted by molar-refractivity contribution is -0.384. The quantitative estimate of drug-likeness (QED) is 0.611. The SMILES string of the molecule is CC(C)CONC(C)c1cccc([N+](=O)[O-])c1. The van der Waals surface area contributed by atoms with Gasteiger partial charge in [-0.15, -0.1) is 0 Å². The Morgan fingerprint density at radius 2 is 2.12 bits per heavy atom. The van der Waals surface area contributed by atoms with Gasteiger partial charge in [-0.25, -0.2) is 0 Å². The minimum Gasteiger partial charge on any atom is -0.301 e. The molecule has 94 valence electrons. The second-order valence-electron chi connectivity index (χ2n) is 4.40. The van der Waals surface area contributed by atoms with E-state index < -0.39 is 4.92 Å². The van der Waals surface area contributed by atoms with Crippen molar-refractivity contribution in [2.75, 3.05) is 6.61 Å². The van der Waals surface area contributed by atoms with Gasteiger partial charge in [-0.2, -0.15) is 5.48 Å². The average Bonchev–Trinajstić information content (AvgIpc) is 2.28. The molecule has 0 radical (unpaired) electrons. The van der Waals surface area contributed by atoms with Gasteiger partial charge in [0.15, 0.2) is 0 Å². The molecule has 0 bridgehead atoms. The Kier molecular flexibility index (Phi) is 5.06. The molecule has 0 saturated carbocycles. The lowest BCUT2D eigenvalue weighted by Crippen LogP contribution is -2.21. The van der Waals surface area contributed by atoms with E-state index in [1.54, 1.807) is 12.1 Å². The summed E-state index contributed by atoms with van der Waals surface area (Å²) in [6.07, 6.45) is 0. The number of nitro benzene ring substituents is 1. The molecular weight excluding hydrogens is 220 g/mol. The topological polar surface area (TPSA) is 64.4 Å². The van der Waals surface area contributed by atoms with E-state index in [4.69, 9.17) is 4.84 Å². The molecule has 0 saturated heterocycles. The number of benzene rings is 1. The molecule has 0 amide bonds.